The van der Waals surface area contributed by atoms with Crippen LogP contribution in [-0.4, -0.2) is 25.2 Å². The zero-order chi connectivity index (χ0) is 13.3. The molecule has 19 heavy (non-hydrogen) atoms. The van der Waals surface area contributed by atoms with E-state index >= 15 is 0 Å². The predicted molar refractivity (Wildman–Crippen MR) is 80.1 cm³/mol. The van der Waals surface area contributed by atoms with E-state index in [1.807, 2.05) is 12.1 Å². The van der Waals surface area contributed by atoms with Gasteiger partial charge in [0.15, 0.2) is 0 Å². The SMILES string of the molecule is Fc1ccc(N2CCNC3(CCCCC3)C2)cc1Br. The molecule has 0 unspecified atom stereocenters. The fraction of sp³-hybridized carbons (Fsp3) is 0.600. The molecule has 1 aromatic rings. The number of nitrogens with zero attached hydrogens (tertiary/aromatic N) is 1. The third-order valence-corrected chi connectivity index (χ3v) is 5.06. The minimum Gasteiger partial charge on any atom is -0.368 e. The summed E-state index contributed by atoms with van der Waals surface area (Å²) in [6.45, 7) is 3.07. The number of rotatable bonds is 1. The van der Waals surface area contributed by atoms with E-state index in [0.717, 1.165) is 25.3 Å². The van der Waals surface area contributed by atoms with Crippen LogP contribution < -0.4 is 10.2 Å². The third-order valence-electron chi connectivity index (χ3n) is 4.45. The Bertz CT molecular complexity index is 452. The molecule has 1 aliphatic heterocycles. The van der Waals surface area contributed by atoms with E-state index in [2.05, 4.69) is 26.1 Å². The van der Waals surface area contributed by atoms with Crippen molar-refractivity contribution in [1.82, 2.24) is 5.32 Å². The molecule has 4 heteroatoms. The Morgan fingerprint density at radius 1 is 1.21 bits per heavy atom. The van der Waals surface area contributed by atoms with Crippen molar-refractivity contribution in [2.45, 2.75) is 37.6 Å². The van der Waals surface area contributed by atoms with E-state index in [1.54, 1.807) is 6.07 Å². The van der Waals surface area contributed by atoms with Gasteiger partial charge in [0, 0.05) is 30.9 Å². The Labute approximate surface area is 122 Å². The molecule has 2 nitrogen and oxygen atoms in total. The molecule has 0 bridgehead atoms. The molecule has 0 aromatic heterocycles. The second kappa shape index (κ2) is 5.41. The number of benzene rings is 1. The van der Waals surface area contributed by atoms with Gasteiger partial charge in [0.25, 0.3) is 0 Å². The molecule has 3 rings (SSSR count). The van der Waals surface area contributed by atoms with Gasteiger partial charge in [-0.25, -0.2) is 4.39 Å². The molecule has 1 saturated carbocycles. The van der Waals surface area contributed by atoms with Crippen LogP contribution in [0.4, 0.5) is 10.1 Å². The lowest BCUT2D eigenvalue weighted by Gasteiger charge is -2.47. The maximum atomic E-state index is 13.3. The first-order valence-corrected chi connectivity index (χ1v) is 7.93. The summed E-state index contributed by atoms with van der Waals surface area (Å²) in [4.78, 5) is 2.39. The third kappa shape index (κ3) is 2.79. The summed E-state index contributed by atoms with van der Waals surface area (Å²) < 4.78 is 13.9. The summed E-state index contributed by atoms with van der Waals surface area (Å²) in [5.41, 5.74) is 1.41. The highest BCUT2D eigenvalue weighted by Gasteiger charge is 2.36. The fourth-order valence-electron chi connectivity index (χ4n) is 3.42. The lowest BCUT2D eigenvalue weighted by Crippen LogP contribution is -2.61. The Morgan fingerprint density at radius 3 is 2.74 bits per heavy atom. The first kappa shape index (κ1) is 13.4. The molecule has 1 heterocycles. The normalized spacial score (nSPS) is 22.7. The summed E-state index contributed by atoms with van der Waals surface area (Å²) in [6, 6.07) is 5.34. The number of nitrogens with one attached hydrogen (secondary N) is 1. The van der Waals surface area contributed by atoms with Crippen LogP contribution >= 0.6 is 15.9 Å². The van der Waals surface area contributed by atoms with Crippen molar-refractivity contribution < 1.29 is 4.39 Å². The number of anilines is 1. The van der Waals surface area contributed by atoms with Crippen molar-refractivity contribution in [2.75, 3.05) is 24.5 Å². The van der Waals surface area contributed by atoms with Crippen molar-refractivity contribution in [1.29, 1.82) is 0 Å². The standard InChI is InChI=1S/C15H20BrFN2/c16-13-10-12(4-5-14(13)17)19-9-8-18-15(11-19)6-2-1-3-7-15/h4-5,10,18H,1-3,6-9,11H2. The zero-order valence-corrected chi connectivity index (χ0v) is 12.7. The number of piperazine rings is 1. The molecule has 1 saturated heterocycles. The molecule has 2 fully saturated rings. The van der Waals surface area contributed by atoms with Crippen LogP contribution in [0.25, 0.3) is 0 Å². The summed E-state index contributed by atoms with van der Waals surface area (Å²) in [5.74, 6) is -0.189. The van der Waals surface area contributed by atoms with Crippen molar-refractivity contribution in [2.24, 2.45) is 0 Å². The van der Waals surface area contributed by atoms with Crippen LogP contribution in [0, 0.1) is 5.82 Å². The summed E-state index contributed by atoms with van der Waals surface area (Å²) in [6.07, 6.45) is 6.56. The minimum absolute atomic E-state index is 0.189. The smallest absolute Gasteiger partial charge is 0.137 e. The molecule has 0 atom stereocenters. The largest absolute Gasteiger partial charge is 0.368 e. The van der Waals surface area contributed by atoms with Gasteiger partial charge in [0.1, 0.15) is 5.82 Å². The van der Waals surface area contributed by atoms with E-state index in [-0.39, 0.29) is 11.4 Å². The maximum Gasteiger partial charge on any atom is 0.137 e. The first-order chi connectivity index (χ1) is 9.19. The van der Waals surface area contributed by atoms with Gasteiger partial charge >= 0.3 is 0 Å². The predicted octanol–water partition coefficient (Wildman–Crippen LogP) is 3.70. The molecule has 0 amide bonds. The van der Waals surface area contributed by atoms with E-state index in [4.69, 9.17) is 0 Å². The first-order valence-electron chi connectivity index (χ1n) is 7.14. The summed E-state index contributed by atoms with van der Waals surface area (Å²) in [7, 11) is 0. The molecular weight excluding hydrogens is 307 g/mol. The van der Waals surface area contributed by atoms with Crippen LogP contribution in [0.15, 0.2) is 22.7 Å². The highest BCUT2D eigenvalue weighted by molar-refractivity contribution is 9.10. The molecular formula is C15H20BrFN2. The monoisotopic (exact) mass is 326 g/mol. The minimum atomic E-state index is -0.189. The highest BCUT2D eigenvalue weighted by atomic mass is 79.9. The quantitative estimate of drug-likeness (QED) is 0.846. The lowest BCUT2D eigenvalue weighted by atomic mass is 9.80. The van der Waals surface area contributed by atoms with Crippen LogP contribution in [0.3, 0.4) is 0 Å². The van der Waals surface area contributed by atoms with E-state index in [0.29, 0.717) is 4.47 Å². The Balaban J connectivity index is 1.78. The Morgan fingerprint density at radius 2 is 2.00 bits per heavy atom. The molecule has 0 radical (unpaired) electrons. The number of hydrogen-bond donors (Lipinski definition) is 1. The van der Waals surface area contributed by atoms with E-state index in [1.165, 1.54) is 32.1 Å². The number of halogens is 2. The molecule has 104 valence electrons. The second-order valence-corrected chi connectivity index (χ2v) is 6.64. The van der Waals surface area contributed by atoms with Crippen LogP contribution in [0.5, 0.6) is 0 Å². The van der Waals surface area contributed by atoms with Gasteiger partial charge in [0.2, 0.25) is 0 Å². The zero-order valence-electron chi connectivity index (χ0n) is 11.1. The van der Waals surface area contributed by atoms with Crippen molar-refractivity contribution in [3.63, 3.8) is 0 Å². The van der Waals surface area contributed by atoms with Gasteiger partial charge in [-0.3, -0.25) is 0 Å². The van der Waals surface area contributed by atoms with Gasteiger partial charge < -0.3 is 10.2 Å². The molecule has 1 aromatic carbocycles. The van der Waals surface area contributed by atoms with Crippen LogP contribution in [0.1, 0.15) is 32.1 Å². The maximum absolute atomic E-state index is 13.3. The molecule has 2 aliphatic rings. The van der Waals surface area contributed by atoms with E-state index in [9.17, 15) is 4.39 Å². The van der Waals surface area contributed by atoms with Gasteiger partial charge in [-0.15, -0.1) is 0 Å². The molecule has 1 spiro atoms. The average molecular weight is 327 g/mol. The van der Waals surface area contributed by atoms with Crippen molar-refractivity contribution in [3.8, 4) is 0 Å². The Kier molecular flexibility index (Phi) is 3.81. The lowest BCUT2D eigenvalue weighted by molar-refractivity contribution is 0.216. The van der Waals surface area contributed by atoms with Crippen molar-refractivity contribution in [3.05, 3.63) is 28.5 Å². The van der Waals surface area contributed by atoms with E-state index < -0.39 is 0 Å². The average Bonchev–Trinajstić information content (AvgIpc) is 2.43. The van der Waals surface area contributed by atoms with Crippen LogP contribution in [0.2, 0.25) is 0 Å². The van der Waals surface area contributed by atoms with Gasteiger partial charge in [0.05, 0.1) is 4.47 Å². The summed E-state index contributed by atoms with van der Waals surface area (Å²) in [5, 5.41) is 3.73. The van der Waals surface area contributed by atoms with Gasteiger partial charge in [-0.05, 0) is 47.0 Å². The van der Waals surface area contributed by atoms with Crippen LogP contribution in [-0.2, 0) is 0 Å². The molecule has 1 N–H and O–H groups in total. The molecule has 1 aliphatic carbocycles. The highest BCUT2D eigenvalue weighted by Crippen LogP contribution is 2.33. The topological polar surface area (TPSA) is 15.3 Å². The second-order valence-electron chi connectivity index (χ2n) is 5.79. The van der Waals surface area contributed by atoms with Gasteiger partial charge in [-0.2, -0.15) is 0 Å². The van der Waals surface area contributed by atoms with Gasteiger partial charge in [-0.1, -0.05) is 19.3 Å². The van der Waals surface area contributed by atoms with Crippen molar-refractivity contribution >= 4 is 21.6 Å². The Hall–Kier alpha value is -0.610. The fourth-order valence-corrected chi connectivity index (χ4v) is 3.79. The number of hydrogen-bond acceptors (Lipinski definition) is 2. The summed E-state index contributed by atoms with van der Waals surface area (Å²) >= 11 is 3.28.